The van der Waals surface area contributed by atoms with Crippen LogP contribution in [-0.2, 0) is 7.05 Å². The standard InChI is InChI=1S/C19H18N4/c1-15(7-6-10-20)19-21-11-12-23(19)18-14-22(2)13-17(18)16-8-4-3-5-9-16/h3-5,7-9,11-14H,6H2,1-2H3/b15-7+. The summed E-state index contributed by atoms with van der Waals surface area (Å²) < 4.78 is 4.13. The molecule has 0 atom stereocenters. The molecule has 0 amide bonds. The second kappa shape index (κ2) is 6.37. The molecule has 0 bridgehead atoms. The van der Waals surface area contributed by atoms with E-state index in [4.69, 9.17) is 5.26 Å². The summed E-state index contributed by atoms with van der Waals surface area (Å²) in [5, 5.41) is 8.77. The van der Waals surface area contributed by atoms with Crippen LogP contribution in [0.1, 0.15) is 19.2 Å². The number of aryl methyl sites for hydroxylation is 1. The smallest absolute Gasteiger partial charge is 0.139 e. The Kier molecular flexibility index (Phi) is 4.11. The van der Waals surface area contributed by atoms with Gasteiger partial charge in [-0.05, 0) is 18.1 Å². The molecule has 0 saturated carbocycles. The normalized spacial score (nSPS) is 11.4. The van der Waals surface area contributed by atoms with Crippen LogP contribution < -0.4 is 0 Å². The van der Waals surface area contributed by atoms with E-state index < -0.39 is 0 Å². The average molecular weight is 302 g/mol. The van der Waals surface area contributed by atoms with Crippen molar-refractivity contribution in [2.45, 2.75) is 13.3 Å². The SMILES string of the molecule is C/C(=C\CC#N)c1nccn1-c1cn(C)cc1-c1ccccc1. The minimum atomic E-state index is 0.388. The lowest BCUT2D eigenvalue weighted by Crippen LogP contribution is -1.99. The van der Waals surface area contributed by atoms with Crippen molar-refractivity contribution in [1.29, 1.82) is 5.26 Å². The van der Waals surface area contributed by atoms with Crippen LogP contribution in [0.5, 0.6) is 0 Å². The summed E-state index contributed by atoms with van der Waals surface area (Å²) in [5.74, 6) is 0.864. The van der Waals surface area contributed by atoms with E-state index in [0.29, 0.717) is 6.42 Å². The molecule has 3 rings (SSSR count). The van der Waals surface area contributed by atoms with E-state index in [-0.39, 0.29) is 0 Å². The Balaban J connectivity index is 2.12. The highest BCUT2D eigenvalue weighted by Crippen LogP contribution is 2.29. The Labute approximate surface area is 135 Å². The molecule has 114 valence electrons. The Morgan fingerprint density at radius 3 is 2.78 bits per heavy atom. The lowest BCUT2D eigenvalue weighted by molar-refractivity contribution is 0.916. The summed E-state index contributed by atoms with van der Waals surface area (Å²) in [4.78, 5) is 4.47. The van der Waals surface area contributed by atoms with Gasteiger partial charge < -0.3 is 4.57 Å². The van der Waals surface area contributed by atoms with Gasteiger partial charge in [-0.2, -0.15) is 5.26 Å². The molecule has 4 nitrogen and oxygen atoms in total. The third kappa shape index (κ3) is 2.95. The molecular weight excluding hydrogens is 284 g/mol. The maximum Gasteiger partial charge on any atom is 0.139 e. The zero-order valence-electron chi connectivity index (χ0n) is 13.3. The Hall–Kier alpha value is -3.06. The lowest BCUT2D eigenvalue weighted by atomic mass is 10.1. The minimum absolute atomic E-state index is 0.388. The second-order valence-electron chi connectivity index (χ2n) is 5.46. The number of hydrogen-bond donors (Lipinski definition) is 0. The molecule has 0 N–H and O–H groups in total. The molecule has 0 radical (unpaired) electrons. The average Bonchev–Trinajstić information content (AvgIpc) is 3.19. The van der Waals surface area contributed by atoms with Gasteiger partial charge in [0.15, 0.2) is 0 Å². The summed E-state index contributed by atoms with van der Waals surface area (Å²) in [7, 11) is 2.02. The summed E-state index contributed by atoms with van der Waals surface area (Å²) in [6.45, 7) is 1.99. The highest BCUT2D eigenvalue weighted by atomic mass is 15.1. The van der Waals surface area contributed by atoms with Crippen LogP contribution in [-0.4, -0.2) is 14.1 Å². The van der Waals surface area contributed by atoms with E-state index in [1.807, 2.05) is 44.4 Å². The van der Waals surface area contributed by atoms with Gasteiger partial charge in [0.2, 0.25) is 0 Å². The summed E-state index contributed by atoms with van der Waals surface area (Å²) in [6, 6.07) is 12.5. The maximum atomic E-state index is 8.77. The van der Waals surface area contributed by atoms with Gasteiger partial charge >= 0.3 is 0 Å². The Morgan fingerprint density at radius 1 is 1.26 bits per heavy atom. The third-order valence-electron chi connectivity index (χ3n) is 3.77. The first-order chi connectivity index (χ1) is 11.2. The van der Waals surface area contributed by atoms with Gasteiger partial charge in [-0.25, -0.2) is 4.98 Å². The van der Waals surface area contributed by atoms with E-state index in [2.05, 4.69) is 44.7 Å². The fourth-order valence-electron chi connectivity index (χ4n) is 2.68. The van der Waals surface area contributed by atoms with Crippen LogP contribution >= 0.6 is 0 Å². The lowest BCUT2D eigenvalue weighted by Gasteiger charge is -2.09. The monoisotopic (exact) mass is 302 g/mol. The molecule has 0 unspecified atom stereocenters. The van der Waals surface area contributed by atoms with Gasteiger partial charge in [0.05, 0.1) is 18.2 Å². The summed E-state index contributed by atoms with van der Waals surface area (Å²) >= 11 is 0. The van der Waals surface area contributed by atoms with Crippen molar-refractivity contribution < 1.29 is 0 Å². The molecule has 0 aliphatic rings. The van der Waals surface area contributed by atoms with Crippen LogP contribution in [0.15, 0.2) is 61.2 Å². The van der Waals surface area contributed by atoms with Crippen molar-refractivity contribution in [3.63, 3.8) is 0 Å². The largest absolute Gasteiger partial charge is 0.354 e. The van der Waals surface area contributed by atoms with Crippen molar-refractivity contribution in [3.8, 4) is 22.9 Å². The topological polar surface area (TPSA) is 46.5 Å². The zero-order chi connectivity index (χ0) is 16.2. The molecule has 0 aliphatic carbocycles. The van der Waals surface area contributed by atoms with Gasteiger partial charge in [0.1, 0.15) is 5.82 Å². The van der Waals surface area contributed by atoms with Crippen LogP contribution in [0.25, 0.3) is 22.4 Å². The molecule has 3 aromatic rings. The molecule has 2 heterocycles. The minimum Gasteiger partial charge on any atom is -0.354 e. The Morgan fingerprint density at radius 2 is 2.04 bits per heavy atom. The number of nitriles is 1. The van der Waals surface area contributed by atoms with Crippen LogP contribution in [0, 0.1) is 11.3 Å². The van der Waals surface area contributed by atoms with Crippen molar-refractivity contribution in [1.82, 2.24) is 14.1 Å². The van der Waals surface area contributed by atoms with E-state index in [0.717, 1.165) is 22.6 Å². The summed E-state index contributed by atoms with van der Waals surface area (Å²) in [6.07, 6.45) is 10.2. The molecule has 1 aromatic carbocycles. The number of imidazole rings is 1. The molecule has 4 heteroatoms. The van der Waals surface area contributed by atoms with E-state index >= 15 is 0 Å². The Bertz CT molecular complexity index is 876. The van der Waals surface area contributed by atoms with E-state index in [1.54, 1.807) is 6.20 Å². The fourth-order valence-corrected chi connectivity index (χ4v) is 2.68. The first kappa shape index (κ1) is 14.9. The zero-order valence-corrected chi connectivity index (χ0v) is 13.3. The van der Waals surface area contributed by atoms with Gasteiger partial charge in [-0.3, -0.25) is 4.57 Å². The van der Waals surface area contributed by atoms with Crippen LogP contribution in [0.2, 0.25) is 0 Å². The van der Waals surface area contributed by atoms with Gasteiger partial charge in [-0.15, -0.1) is 0 Å². The van der Waals surface area contributed by atoms with Crippen molar-refractivity contribution in [3.05, 3.63) is 67.0 Å². The van der Waals surface area contributed by atoms with Crippen molar-refractivity contribution >= 4 is 5.57 Å². The number of nitrogens with zero attached hydrogens (tertiary/aromatic N) is 4. The molecule has 0 aliphatic heterocycles. The second-order valence-corrected chi connectivity index (χ2v) is 5.46. The van der Waals surface area contributed by atoms with E-state index in [9.17, 15) is 0 Å². The van der Waals surface area contributed by atoms with Crippen molar-refractivity contribution in [2.24, 2.45) is 7.05 Å². The molecule has 0 fully saturated rings. The fraction of sp³-hybridized carbons (Fsp3) is 0.158. The number of benzene rings is 1. The quantitative estimate of drug-likeness (QED) is 0.725. The first-order valence-electron chi connectivity index (χ1n) is 7.50. The number of aromatic nitrogens is 3. The summed E-state index contributed by atoms with van der Waals surface area (Å²) in [5.41, 5.74) is 4.40. The maximum absolute atomic E-state index is 8.77. The molecule has 23 heavy (non-hydrogen) atoms. The van der Waals surface area contributed by atoms with Crippen LogP contribution in [0.4, 0.5) is 0 Å². The predicted molar refractivity (Wildman–Crippen MR) is 91.9 cm³/mol. The number of rotatable bonds is 4. The van der Waals surface area contributed by atoms with Gasteiger partial charge in [0, 0.05) is 37.4 Å². The highest BCUT2D eigenvalue weighted by Gasteiger charge is 2.13. The van der Waals surface area contributed by atoms with Gasteiger partial charge in [-0.1, -0.05) is 36.4 Å². The predicted octanol–water partition coefficient (Wildman–Crippen LogP) is 4.19. The van der Waals surface area contributed by atoms with Crippen molar-refractivity contribution in [2.75, 3.05) is 0 Å². The number of hydrogen-bond acceptors (Lipinski definition) is 2. The molecule has 0 spiro atoms. The highest BCUT2D eigenvalue weighted by molar-refractivity contribution is 5.74. The molecule has 2 aromatic heterocycles. The molecular formula is C19H18N4. The third-order valence-corrected chi connectivity index (χ3v) is 3.77. The van der Waals surface area contributed by atoms with Gasteiger partial charge in [0.25, 0.3) is 0 Å². The first-order valence-corrected chi connectivity index (χ1v) is 7.50. The van der Waals surface area contributed by atoms with Crippen LogP contribution in [0.3, 0.4) is 0 Å². The number of allylic oxidation sites excluding steroid dienone is 2. The van der Waals surface area contributed by atoms with E-state index in [1.165, 1.54) is 5.56 Å². The molecule has 0 saturated heterocycles.